The number of para-hydroxylation sites is 1. The lowest BCUT2D eigenvalue weighted by molar-refractivity contribution is 0.0551. The number of H-pyrrole nitrogens is 1. The third kappa shape index (κ3) is 4.46. The van der Waals surface area contributed by atoms with Crippen LogP contribution in [-0.2, 0) is 11.3 Å². The van der Waals surface area contributed by atoms with Crippen LogP contribution in [0.25, 0.3) is 33.5 Å². The molecule has 0 atom stereocenters. The van der Waals surface area contributed by atoms with E-state index >= 15 is 0 Å². The van der Waals surface area contributed by atoms with Gasteiger partial charge in [0.15, 0.2) is 0 Å². The first-order valence-electron chi connectivity index (χ1n) is 11.5. The summed E-state index contributed by atoms with van der Waals surface area (Å²) >= 11 is 0. The number of carbonyl (C=O) groups excluding carboxylic acids is 1. The minimum Gasteiger partial charge on any atom is -0.465 e. The van der Waals surface area contributed by atoms with Crippen LogP contribution in [0.1, 0.15) is 22.8 Å². The van der Waals surface area contributed by atoms with Crippen molar-refractivity contribution in [2.75, 3.05) is 13.2 Å². The molecule has 0 saturated heterocycles. The molecule has 0 aliphatic carbocycles. The normalized spacial score (nSPS) is 10.9. The number of rotatable bonds is 9. The standard InChI is InChI=1S/C27H24N6O3/c1-3-16-36-26(34)22-10-7-11-23-24(22)33(27(28-23)35-4-2)17-18-12-14-19(15-13-18)20-8-5-6-9-21(20)25-29-31-32-30-25/h3,5-15H,1,4,16-17H2,2H3,(H,29,30,31,32). The molecular formula is C27H24N6O3. The molecule has 2 aromatic heterocycles. The number of hydrogen-bond acceptors (Lipinski definition) is 7. The molecule has 0 bridgehead atoms. The van der Waals surface area contributed by atoms with Gasteiger partial charge in [-0.1, -0.05) is 67.3 Å². The van der Waals surface area contributed by atoms with Gasteiger partial charge >= 0.3 is 5.97 Å². The predicted molar refractivity (Wildman–Crippen MR) is 136 cm³/mol. The highest BCUT2D eigenvalue weighted by Crippen LogP contribution is 2.31. The van der Waals surface area contributed by atoms with Crippen molar-refractivity contribution in [3.63, 3.8) is 0 Å². The summed E-state index contributed by atoms with van der Waals surface area (Å²) in [6.07, 6.45) is 1.54. The minimum atomic E-state index is -0.432. The lowest BCUT2D eigenvalue weighted by atomic mass is 9.98. The van der Waals surface area contributed by atoms with Crippen LogP contribution in [-0.4, -0.2) is 49.4 Å². The summed E-state index contributed by atoms with van der Waals surface area (Å²) in [6.45, 7) is 6.56. The Labute approximate surface area is 207 Å². The molecule has 180 valence electrons. The summed E-state index contributed by atoms with van der Waals surface area (Å²) in [5, 5.41) is 14.4. The molecule has 0 aliphatic heterocycles. The fourth-order valence-electron chi connectivity index (χ4n) is 4.11. The third-order valence-electron chi connectivity index (χ3n) is 5.68. The van der Waals surface area contributed by atoms with Crippen LogP contribution in [0.5, 0.6) is 6.01 Å². The average Bonchev–Trinajstić information content (AvgIpc) is 3.57. The Hall–Kier alpha value is -4.79. The number of benzene rings is 3. The van der Waals surface area contributed by atoms with Crippen molar-refractivity contribution < 1.29 is 14.3 Å². The molecule has 0 fully saturated rings. The van der Waals surface area contributed by atoms with Crippen molar-refractivity contribution in [3.8, 4) is 28.5 Å². The number of imidazole rings is 1. The average molecular weight is 481 g/mol. The molecule has 0 aliphatic rings. The smallest absolute Gasteiger partial charge is 0.340 e. The Balaban J connectivity index is 1.51. The van der Waals surface area contributed by atoms with Crippen molar-refractivity contribution >= 4 is 17.0 Å². The molecule has 2 heterocycles. The molecule has 1 N–H and O–H groups in total. The summed E-state index contributed by atoms with van der Waals surface area (Å²) in [7, 11) is 0. The summed E-state index contributed by atoms with van der Waals surface area (Å²) in [5.74, 6) is 0.106. The largest absolute Gasteiger partial charge is 0.465 e. The van der Waals surface area contributed by atoms with Crippen LogP contribution in [0.3, 0.4) is 0 Å². The number of esters is 1. The Kier molecular flexibility index (Phi) is 6.53. The van der Waals surface area contributed by atoms with E-state index < -0.39 is 5.97 Å². The van der Waals surface area contributed by atoms with E-state index in [0.29, 0.717) is 41.6 Å². The van der Waals surface area contributed by atoms with Gasteiger partial charge in [0.2, 0.25) is 5.82 Å². The highest BCUT2D eigenvalue weighted by Gasteiger charge is 2.20. The van der Waals surface area contributed by atoms with E-state index in [1.54, 1.807) is 18.2 Å². The molecule has 36 heavy (non-hydrogen) atoms. The lowest BCUT2D eigenvalue weighted by Crippen LogP contribution is -2.10. The zero-order valence-corrected chi connectivity index (χ0v) is 19.7. The Morgan fingerprint density at radius 1 is 1.06 bits per heavy atom. The van der Waals surface area contributed by atoms with E-state index in [0.717, 1.165) is 22.3 Å². The summed E-state index contributed by atoms with van der Waals surface area (Å²) in [5.41, 5.74) is 5.69. The number of tetrazole rings is 1. The zero-order chi connectivity index (χ0) is 24.9. The van der Waals surface area contributed by atoms with E-state index in [1.165, 1.54) is 0 Å². The quantitative estimate of drug-likeness (QED) is 0.241. The van der Waals surface area contributed by atoms with Gasteiger partial charge in [-0.2, -0.15) is 10.2 Å². The highest BCUT2D eigenvalue weighted by molar-refractivity contribution is 6.02. The van der Waals surface area contributed by atoms with E-state index in [1.807, 2.05) is 66.1 Å². The molecule has 0 unspecified atom stereocenters. The van der Waals surface area contributed by atoms with Crippen LogP contribution < -0.4 is 4.74 Å². The van der Waals surface area contributed by atoms with Gasteiger partial charge in [0.05, 0.1) is 29.7 Å². The molecule has 0 spiro atoms. The predicted octanol–water partition coefficient (Wildman–Crippen LogP) is 4.67. The summed E-state index contributed by atoms with van der Waals surface area (Å²) < 4.78 is 13.0. The number of fused-ring (bicyclic) bond motifs is 1. The molecule has 0 amide bonds. The minimum absolute atomic E-state index is 0.133. The van der Waals surface area contributed by atoms with Gasteiger partial charge in [0.25, 0.3) is 6.01 Å². The molecule has 0 saturated carbocycles. The van der Waals surface area contributed by atoms with Crippen LogP contribution in [0.2, 0.25) is 0 Å². The van der Waals surface area contributed by atoms with Gasteiger partial charge in [-0.15, -0.1) is 10.2 Å². The number of nitrogens with zero attached hydrogens (tertiary/aromatic N) is 5. The van der Waals surface area contributed by atoms with Crippen LogP contribution in [0, 0.1) is 0 Å². The number of hydrogen-bond donors (Lipinski definition) is 1. The number of aromatic nitrogens is 6. The second kappa shape index (κ2) is 10.2. The summed E-state index contributed by atoms with van der Waals surface area (Å²) in [4.78, 5) is 17.4. The topological polar surface area (TPSA) is 108 Å². The lowest BCUT2D eigenvalue weighted by Gasteiger charge is -2.12. The third-order valence-corrected chi connectivity index (χ3v) is 5.68. The monoisotopic (exact) mass is 480 g/mol. The zero-order valence-electron chi connectivity index (χ0n) is 19.7. The maximum absolute atomic E-state index is 12.8. The molecule has 3 aromatic carbocycles. The second-order valence-electron chi connectivity index (χ2n) is 7.95. The van der Waals surface area contributed by atoms with Gasteiger partial charge in [0, 0.05) is 5.56 Å². The van der Waals surface area contributed by atoms with Crippen molar-refractivity contribution in [2.45, 2.75) is 13.5 Å². The highest BCUT2D eigenvalue weighted by atomic mass is 16.5. The van der Waals surface area contributed by atoms with Crippen molar-refractivity contribution in [3.05, 3.63) is 90.5 Å². The number of nitrogens with one attached hydrogen (secondary N) is 1. The van der Waals surface area contributed by atoms with E-state index in [4.69, 9.17) is 9.47 Å². The van der Waals surface area contributed by atoms with Gasteiger partial charge in [-0.05, 0) is 41.0 Å². The maximum atomic E-state index is 12.8. The van der Waals surface area contributed by atoms with Gasteiger partial charge in [-0.3, -0.25) is 4.57 Å². The molecule has 9 heteroatoms. The van der Waals surface area contributed by atoms with Gasteiger partial charge in [0.1, 0.15) is 6.61 Å². The fourth-order valence-corrected chi connectivity index (χ4v) is 4.11. The summed E-state index contributed by atoms with van der Waals surface area (Å²) in [6, 6.07) is 21.9. The molecule has 5 aromatic rings. The van der Waals surface area contributed by atoms with Gasteiger partial charge < -0.3 is 9.47 Å². The van der Waals surface area contributed by atoms with E-state index in [9.17, 15) is 4.79 Å². The van der Waals surface area contributed by atoms with Gasteiger partial charge in [-0.25, -0.2) is 4.79 Å². The van der Waals surface area contributed by atoms with Crippen LogP contribution in [0.4, 0.5) is 0 Å². The van der Waals surface area contributed by atoms with E-state index in [2.05, 4.69) is 32.2 Å². The first kappa shape index (κ1) is 23.0. The molecular weight excluding hydrogens is 456 g/mol. The fraction of sp³-hybridized carbons (Fsp3) is 0.148. The number of ether oxygens (including phenoxy) is 2. The van der Waals surface area contributed by atoms with Crippen LogP contribution in [0.15, 0.2) is 79.4 Å². The second-order valence-corrected chi connectivity index (χ2v) is 7.95. The Bertz CT molecular complexity index is 1510. The first-order chi connectivity index (χ1) is 17.7. The van der Waals surface area contributed by atoms with E-state index in [-0.39, 0.29) is 6.61 Å². The molecule has 9 nitrogen and oxygen atoms in total. The Morgan fingerprint density at radius 2 is 1.86 bits per heavy atom. The maximum Gasteiger partial charge on any atom is 0.340 e. The van der Waals surface area contributed by atoms with Crippen LogP contribution >= 0.6 is 0 Å². The van der Waals surface area contributed by atoms with Crippen molar-refractivity contribution in [2.24, 2.45) is 0 Å². The Morgan fingerprint density at radius 3 is 2.58 bits per heavy atom. The number of aromatic amines is 1. The molecule has 0 radical (unpaired) electrons. The SMILES string of the molecule is C=CCOC(=O)c1cccc2nc(OCC)n(Cc3ccc(-c4ccccc4-c4nn[nH]n4)cc3)c12. The first-order valence-corrected chi connectivity index (χ1v) is 11.5. The van der Waals surface area contributed by atoms with Crippen molar-refractivity contribution in [1.82, 2.24) is 30.2 Å². The molecule has 5 rings (SSSR count). The number of carbonyl (C=O) groups is 1. The van der Waals surface area contributed by atoms with Crippen molar-refractivity contribution in [1.29, 1.82) is 0 Å².